The van der Waals surface area contributed by atoms with Gasteiger partial charge in [0.05, 0.1) is 0 Å². The van der Waals surface area contributed by atoms with Crippen LogP contribution in [0.5, 0.6) is 0 Å². The molecule has 1 aliphatic heterocycles. The van der Waals surface area contributed by atoms with Crippen molar-refractivity contribution in [3.63, 3.8) is 0 Å². The summed E-state index contributed by atoms with van der Waals surface area (Å²) in [7, 11) is 0. The van der Waals surface area contributed by atoms with E-state index in [9.17, 15) is 9.59 Å². The van der Waals surface area contributed by atoms with Crippen LogP contribution in [0, 0.1) is 11.8 Å². The van der Waals surface area contributed by atoms with Crippen LogP contribution in [0.2, 0.25) is 0 Å². The summed E-state index contributed by atoms with van der Waals surface area (Å²) in [6.07, 6.45) is -0.194. The molecule has 0 bridgehead atoms. The van der Waals surface area contributed by atoms with E-state index in [-0.39, 0.29) is 12.0 Å². The van der Waals surface area contributed by atoms with E-state index in [0.29, 0.717) is 0 Å². The van der Waals surface area contributed by atoms with Crippen LogP contribution in [-0.2, 0) is 14.3 Å². The Morgan fingerprint density at radius 3 is 2.27 bits per heavy atom. The molecule has 1 aliphatic rings. The highest BCUT2D eigenvalue weighted by Crippen LogP contribution is 2.26. The van der Waals surface area contributed by atoms with Crippen LogP contribution in [0.25, 0.3) is 0 Å². The lowest BCUT2D eigenvalue weighted by atomic mass is 9.93. The molecular weight excluding hydrogens is 146 g/mol. The number of cyclic esters (lactones) is 1. The van der Waals surface area contributed by atoms with E-state index >= 15 is 0 Å². The smallest absolute Gasteiger partial charge is 0.319 e. The molecule has 0 aromatic carbocycles. The zero-order valence-corrected chi connectivity index (χ0v) is 6.53. The van der Waals surface area contributed by atoms with Gasteiger partial charge in [0.25, 0.3) is 0 Å². The number of carbonyl (C=O) groups excluding carboxylic acids is 2. The number of ether oxygens (including phenoxy) is 1. The summed E-state index contributed by atoms with van der Waals surface area (Å²) in [6, 6.07) is 0. The maximum atomic E-state index is 10.9. The van der Waals surface area contributed by atoms with Gasteiger partial charge in [-0.2, -0.15) is 0 Å². The monoisotopic (exact) mass is 157 g/mol. The normalized spacial score (nSPS) is 36.9. The number of hydrogen-bond donors (Lipinski definition) is 1. The standard InChI is InChI=1S/C7H11NO3/c1-3-4(2)11-7(10)5(3)6(8)9/h3-5H,1-2H3,(H2,8,9). The summed E-state index contributed by atoms with van der Waals surface area (Å²) in [5.41, 5.74) is 5.00. The highest BCUT2D eigenvalue weighted by molar-refractivity contribution is 5.98. The Balaban J connectivity index is 2.79. The number of rotatable bonds is 1. The van der Waals surface area contributed by atoms with Gasteiger partial charge in [-0.3, -0.25) is 9.59 Å². The SMILES string of the molecule is CC1OC(=O)C(C(N)=O)C1C. The lowest BCUT2D eigenvalue weighted by Crippen LogP contribution is -2.31. The molecule has 4 nitrogen and oxygen atoms in total. The summed E-state index contributed by atoms with van der Waals surface area (Å²) < 4.78 is 4.81. The quantitative estimate of drug-likeness (QED) is 0.418. The van der Waals surface area contributed by atoms with E-state index in [4.69, 9.17) is 10.5 Å². The van der Waals surface area contributed by atoms with Crippen LogP contribution >= 0.6 is 0 Å². The molecule has 3 atom stereocenters. The van der Waals surface area contributed by atoms with E-state index in [1.54, 1.807) is 13.8 Å². The molecular formula is C7H11NO3. The van der Waals surface area contributed by atoms with Crippen molar-refractivity contribution in [2.24, 2.45) is 17.6 Å². The van der Waals surface area contributed by atoms with E-state index in [1.165, 1.54) is 0 Å². The van der Waals surface area contributed by atoms with Gasteiger partial charge >= 0.3 is 5.97 Å². The fourth-order valence-electron chi connectivity index (χ4n) is 1.22. The van der Waals surface area contributed by atoms with Gasteiger partial charge in [-0.1, -0.05) is 6.92 Å². The second-order valence-electron chi connectivity index (χ2n) is 2.88. The van der Waals surface area contributed by atoms with Gasteiger partial charge in [-0.25, -0.2) is 0 Å². The Hall–Kier alpha value is -1.06. The van der Waals surface area contributed by atoms with Gasteiger partial charge in [0, 0.05) is 5.92 Å². The summed E-state index contributed by atoms with van der Waals surface area (Å²) in [5.74, 6) is -1.92. The molecule has 0 saturated carbocycles. The van der Waals surface area contributed by atoms with Gasteiger partial charge in [0.1, 0.15) is 12.0 Å². The van der Waals surface area contributed by atoms with Crippen molar-refractivity contribution >= 4 is 11.9 Å². The van der Waals surface area contributed by atoms with Gasteiger partial charge < -0.3 is 10.5 Å². The van der Waals surface area contributed by atoms with Crippen molar-refractivity contribution in [2.75, 3.05) is 0 Å². The summed E-state index contributed by atoms with van der Waals surface area (Å²) >= 11 is 0. The van der Waals surface area contributed by atoms with Crippen molar-refractivity contribution in [3.05, 3.63) is 0 Å². The van der Waals surface area contributed by atoms with Crippen molar-refractivity contribution in [3.8, 4) is 0 Å². The molecule has 1 rings (SSSR count). The highest BCUT2D eigenvalue weighted by atomic mass is 16.6. The molecule has 1 saturated heterocycles. The third kappa shape index (κ3) is 1.20. The Kier molecular flexibility index (Phi) is 1.85. The Bertz CT molecular complexity index is 202. The Labute approximate surface area is 64.7 Å². The average molecular weight is 157 g/mol. The molecule has 0 spiro atoms. The number of hydrogen-bond acceptors (Lipinski definition) is 3. The largest absolute Gasteiger partial charge is 0.462 e. The fourth-order valence-corrected chi connectivity index (χ4v) is 1.22. The molecule has 3 unspecified atom stereocenters. The third-order valence-electron chi connectivity index (χ3n) is 2.13. The molecule has 62 valence electrons. The maximum absolute atomic E-state index is 10.9. The molecule has 1 amide bonds. The first-order valence-corrected chi connectivity index (χ1v) is 3.54. The molecule has 1 heterocycles. The Morgan fingerprint density at radius 1 is 1.55 bits per heavy atom. The van der Waals surface area contributed by atoms with Crippen molar-refractivity contribution in [1.82, 2.24) is 0 Å². The predicted octanol–water partition coefficient (Wildman–Crippen LogP) is -0.331. The summed E-state index contributed by atoms with van der Waals surface area (Å²) in [4.78, 5) is 21.6. The summed E-state index contributed by atoms with van der Waals surface area (Å²) in [6.45, 7) is 3.54. The number of amides is 1. The van der Waals surface area contributed by atoms with Crippen LogP contribution in [0.4, 0.5) is 0 Å². The minimum absolute atomic E-state index is 0.0972. The van der Waals surface area contributed by atoms with E-state index in [0.717, 1.165) is 0 Å². The minimum Gasteiger partial charge on any atom is -0.462 e. The van der Waals surface area contributed by atoms with Crippen LogP contribution < -0.4 is 5.73 Å². The van der Waals surface area contributed by atoms with E-state index < -0.39 is 17.8 Å². The zero-order valence-electron chi connectivity index (χ0n) is 6.53. The van der Waals surface area contributed by atoms with Crippen LogP contribution in [0.15, 0.2) is 0 Å². The highest BCUT2D eigenvalue weighted by Gasteiger charge is 2.42. The first-order valence-electron chi connectivity index (χ1n) is 3.54. The third-order valence-corrected chi connectivity index (χ3v) is 2.13. The van der Waals surface area contributed by atoms with Crippen LogP contribution in [-0.4, -0.2) is 18.0 Å². The minimum atomic E-state index is -0.745. The zero-order chi connectivity index (χ0) is 8.59. The number of carbonyl (C=O) groups is 2. The molecule has 0 radical (unpaired) electrons. The van der Waals surface area contributed by atoms with E-state index in [1.807, 2.05) is 0 Å². The maximum Gasteiger partial charge on any atom is 0.319 e. The van der Waals surface area contributed by atoms with E-state index in [2.05, 4.69) is 0 Å². The number of esters is 1. The lowest BCUT2D eigenvalue weighted by molar-refractivity contribution is -0.146. The first kappa shape index (κ1) is 8.04. The van der Waals surface area contributed by atoms with Gasteiger partial charge in [0.2, 0.25) is 5.91 Å². The van der Waals surface area contributed by atoms with Gasteiger partial charge in [-0.15, -0.1) is 0 Å². The lowest BCUT2D eigenvalue weighted by Gasteiger charge is -2.08. The van der Waals surface area contributed by atoms with Crippen molar-refractivity contribution < 1.29 is 14.3 Å². The molecule has 1 fully saturated rings. The second-order valence-corrected chi connectivity index (χ2v) is 2.88. The first-order chi connectivity index (χ1) is 5.04. The molecule has 11 heavy (non-hydrogen) atoms. The average Bonchev–Trinajstić information content (AvgIpc) is 2.07. The Morgan fingerprint density at radius 2 is 2.09 bits per heavy atom. The number of nitrogens with two attached hydrogens (primary N) is 1. The molecule has 0 aromatic rings. The molecule has 0 aliphatic carbocycles. The molecule has 2 N–H and O–H groups in total. The van der Waals surface area contributed by atoms with Crippen molar-refractivity contribution in [2.45, 2.75) is 20.0 Å². The molecule has 0 aromatic heterocycles. The van der Waals surface area contributed by atoms with Crippen LogP contribution in [0.1, 0.15) is 13.8 Å². The van der Waals surface area contributed by atoms with Crippen molar-refractivity contribution in [1.29, 1.82) is 0 Å². The van der Waals surface area contributed by atoms with Crippen LogP contribution in [0.3, 0.4) is 0 Å². The fraction of sp³-hybridized carbons (Fsp3) is 0.714. The summed E-state index contributed by atoms with van der Waals surface area (Å²) in [5, 5.41) is 0. The van der Waals surface area contributed by atoms with Gasteiger partial charge in [0.15, 0.2) is 0 Å². The molecule has 4 heteroatoms. The second kappa shape index (κ2) is 2.53. The predicted molar refractivity (Wildman–Crippen MR) is 37.4 cm³/mol. The van der Waals surface area contributed by atoms with Gasteiger partial charge in [-0.05, 0) is 6.92 Å². The number of primary amides is 1. The topological polar surface area (TPSA) is 69.4 Å².